The molecule has 0 aliphatic heterocycles. The highest BCUT2D eigenvalue weighted by molar-refractivity contribution is 5.79. The van der Waals surface area contributed by atoms with Crippen molar-refractivity contribution in [2.45, 2.75) is 82.5 Å². The van der Waals surface area contributed by atoms with Crippen LogP contribution in [-0.2, 0) is 4.74 Å². The van der Waals surface area contributed by atoms with Crippen LogP contribution in [0.4, 0.5) is 0 Å². The number of benzene rings is 3. The lowest BCUT2D eigenvalue weighted by molar-refractivity contribution is -0.235. The van der Waals surface area contributed by atoms with Crippen LogP contribution in [0.3, 0.4) is 0 Å². The fourth-order valence-electron chi connectivity index (χ4n) is 8.33. The van der Waals surface area contributed by atoms with Crippen LogP contribution in [0.5, 0.6) is 5.75 Å². The number of ether oxygens (including phenoxy) is 2. The molecule has 2 nitrogen and oxygen atoms in total. The second-order valence-corrected chi connectivity index (χ2v) is 12.2. The molecule has 5 aliphatic carbocycles. The third-order valence-corrected chi connectivity index (χ3v) is 9.79. The third kappa shape index (κ3) is 3.80. The molecule has 0 radical (unpaired) electrons. The summed E-state index contributed by atoms with van der Waals surface area (Å²) in [6, 6.07) is 26.5. The summed E-state index contributed by atoms with van der Waals surface area (Å²) in [6.45, 7) is 4.55. The first-order valence-corrected chi connectivity index (χ1v) is 14.2. The van der Waals surface area contributed by atoms with E-state index in [1.165, 1.54) is 66.3 Å². The number of fused-ring (bicyclic) bond motifs is 3. The lowest BCUT2D eigenvalue weighted by Crippen LogP contribution is -2.54. The van der Waals surface area contributed by atoms with E-state index >= 15 is 0 Å². The van der Waals surface area contributed by atoms with Gasteiger partial charge in [0.1, 0.15) is 5.75 Å². The van der Waals surface area contributed by atoms with E-state index in [-0.39, 0.29) is 17.8 Å². The third-order valence-electron chi connectivity index (χ3n) is 9.79. The first-order chi connectivity index (χ1) is 17.6. The lowest BCUT2D eigenvalue weighted by atomic mass is 9.54. The van der Waals surface area contributed by atoms with Gasteiger partial charge < -0.3 is 9.47 Å². The Balaban J connectivity index is 1.29. The van der Waals surface area contributed by atoms with Crippen LogP contribution < -0.4 is 4.74 Å². The largest absolute Gasteiger partial charge is 0.464 e. The number of rotatable bonds is 7. The second-order valence-electron chi connectivity index (χ2n) is 12.2. The van der Waals surface area contributed by atoms with Gasteiger partial charge in [-0.2, -0.15) is 0 Å². The fourth-order valence-corrected chi connectivity index (χ4v) is 8.33. The number of hydrogen-bond acceptors (Lipinski definition) is 2. The van der Waals surface area contributed by atoms with Crippen molar-refractivity contribution < 1.29 is 9.47 Å². The molecule has 4 bridgehead atoms. The monoisotopic (exact) mass is 478 g/mol. The van der Waals surface area contributed by atoms with Gasteiger partial charge in [-0.25, -0.2) is 0 Å². The quantitative estimate of drug-likeness (QED) is 0.316. The van der Waals surface area contributed by atoms with Gasteiger partial charge in [0.05, 0.1) is 11.5 Å². The Kier molecular flexibility index (Phi) is 5.51. The average Bonchev–Trinajstić information content (AvgIpc) is 3.21. The molecule has 0 aromatic heterocycles. The van der Waals surface area contributed by atoms with Crippen LogP contribution in [0.25, 0.3) is 11.1 Å². The molecule has 36 heavy (non-hydrogen) atoms. The van der Waals surface area contributed by atoms with Gasteiger partial charge in [-0.05, 0) is 109 Å². The highest BCUT2D eigenvalue weighted by Gasteiger charge is 2.54. The molecule has 0 N–H and O–H groups in total. The molecule has 2 atom stereocenters. The molecule has 0 amide bonds. The smallest absolute Gasteiger partial charge is 0.211 e. The normalized spacial score (nSPS) is 29.6. The zero-order valence-electron chi connectivity index (χ0n) is 21.7. The van der Waals surface area contributed by atoms with Crippen molar-refractivity contribution in [1.82, 2.24) is 0 Å². The van der Waals surface area contributed by atoms with Crippen molar-refractivity contribution in [3.63, 3.8) is 0 Å². The van der Waals surface area contributed by atoms with E-state index in [2.05, 4.69) is 86.6 Å². The minimum absolute atomic E-state index is 0.0276. The van der Waals surface area contributed by atoms with Crippen LogP contribution in [-0.4, -0.2) is 11.9 Å². The van der Waals surface area contributed by atoms with Crippen molar-refractivity contribution >= 4 is 0 Å². The highest BCUT2D eigenvalue weighted by atomic mass is 16.7. The van der Waals surface area contributed by atoms with Crippen molar-refractivity contribution in [2.75, 3.05) is 0 Å². The number of hydrogen-bond donors (Lipinski definition) is 0. The van der Waals surface area contributed by atoms with E-state index in [4.69, 9.17) is 9.47 Å². The maximum atomic E-state index is 7.36. The van der Waals surface area contributed by atoms with Crippen LogP contribution >= 0.6 is 0 Å². The summed E-state index contributed by atoms with van der Waals surface area (Å²) in [5, 5.41) is 0. The predicted molar refractivity (Wildman–Crippen MR) is 145 cm³/mol. The Morgan fingerprint density at radius 2 is 1.36 bits per heavy atom. The van der Waals surface area contributed by atoms with Crippen molar-refractivity contribution in [3.8, 4) is 16.9 Å². The van der Waals surface area contributed by atoms with Gasteiger partial charge in [0, 0.05) is 0 Å². The van der Waals surface area contributed by atoms with Gasteiger partial charge in [0.2, 0.25) is 6.29 Å². The Morgan fingerprint density at radius 3 is 1.94 bits per heavy atom. The fraction of sp³-hybridized carbons (Fsp3) is 0.471. The summed E-state index contributed by atoms with van der Waals surface area (Å²) in [4.78, 5) is 0. The molecule has 8 rings (SSSR count). The topological polar surface area (TPSA) is 18.5 Å². The van der Waals surface area contributed by atoms with E-state index < -0.39 is 0 Å². The van der Waals surface area contributed by atoms with Gasteiger partial charge in [0.25, 0.3) is 0 Å². The minimum Gasteiger partial charge on any atom is -0.464 e. The SMILES string of the molecule is CCC(C)c1cccc(OC(OC23CC4CC(CC(C4)C2)C3)C2c3ccccc3-c3ccccc32)c1. The molecule has 186 valence electrons. The van der Waals surface area contributed by atoms with Crippen LogP contribution in [0, 0.1) is 17.8 Å². The molecule has 0 heterocycles. The van der Waals surface area contributed by atoms with E-state index in [1.807, 2.05) is 0 Å². The summed E-state index contributed by atoms with van der Waals surface area (Å²) < 4.78 is 14.3. The minimum atomic E-state index is -0.335. The Labute approximate surface area is 216 Å². The van der Waals surface area contributed by atoms with Gasteiger partial charge in [-0.3, -0.25) is 0 Å². The van der Waals surface area contributed by atoms with Crippen molar-refractivity contribution in [3.05, 3.63) is 89.5 Å². The maximum absolute atomic E-state index is 7.36. The Bertz CT molecular complexity index is 1180. The van der Waals surface area contributed by atoms with Gasteiger partial charge in [0.15, 0.2) is 0 Å². The molecular weight excluding hydrogens is 440 g/mol. The lowest BCUT2D eigenvalue weighted by Gasteiger charge is -2.57. The predicted octanol–water partition coefficient (Wildman–Crippen LogP) is 8.70. The zero-order valence-corrected chi connectivity index (χ0v) is 21.7. The first-order valence-electron chi connectivity index (χ1n) is 14.2. The van der Waals surface area contributed by atoms with E-state index in [9.17, 15) is 0 Å². The molecule has 4 fully saturated rings. The second kappa shape index (κ2) is 8.77. The summed E-state index contributed by atoms with van der Waals surface area (Å²) in [7, 11) is 0. The summed E-state index contributed by atoms with van der Waals surface area (Å²) in [5.74, 6) is 4.06. The molecular formula is C34H38O2. The molecule has 0 saturated heterocycles. The van der Waals surface area contributed by atoms with E-state index in [0.29, 0.717) is 5.92 Å². The standard InChI is InChI=1S/C34H38O2/c1-3-22(2)26-9-8-10-27(18-26)35-33(36-34-19-23-15-24(20-34)17-25(16-23)21-34)32-30-13-6-4-11-28(30)29-12-5-7-14-31(29)32/h4-14,18,22-25,32-33H,3,15-17,19-21H2,1-2H3. The maximum Gasteiger partial charge on any atom is 0.211 e. The summed E-state index contributed by atoms with van der Waals surface area (Å²) in [5.41, 5.74) is 6.65. The molecule has 5 aliphatic rings. The van der Waals surface area contributed by atoms with Gasteiger partial charge in [-0.1, -0.05) is 74.5 Å². The summed E-state index contributed by atoms with van der Waals surface area (Å²) in [6.07, 6.45) is 8.67. The van der Waals surface area contributed by atoms with Crippen LogP contribution in [0.15, 0.2) is 72.8 Å². The Morgan fingerprint density at radius 1 is 0.778 bits per heavy atom. The average molecular weight is 479 g/mol. The zero-order chi connectivity index (χ0) is 24.3. The molecule has 3 aromatic carbocycles. The molecule has 2 unspecified atom stereocenters. The van der Waals surface area contributed by atoms with Crippen molar-refractivity contribution in [2.24, 2.45) is 17.8 Å². The van der Waals surface area contributed by atoms with E-state index in [0.717, 1.165) is 29.9 Å². The highest BCUT2D eigenvalue weighted by Crippen LogP contribution is 2.58. The van der Waals surface area contributed by atoms with Crippen LogP contribution in [0.1, 0.15) is 87.3 Å². The van der Waals surface area contributed by atoms with Crippen LogP contribution in [0.2, 0.25) is 0 Å². The molecule has 3 aromatic rings. The first kappa shape index (κ1) is 22.6. The molecule has 2 heteroatoms. The van der Waals surface area contributed by atoms with Crippen molar-refractivity contribution in [1.29, 1.82) is 0 Å². The molecule has 0 spiro atoms. The molecule has 4 saturated carbocycles. The summed E-state index contributed by atoms with van der Waals surface area (Å²) >= 11 is 0. The van der Waals surface area contributed by atoms with Gasteiger partial charge in [-0.15, -0.1) is 0 Å². The Hall–Kier alpha value is -2.58. The van der Waals surface area contributed by atoms with E-state index in [1.54, 1.807) is 0 Å². The van der Waals surface area contributed by atoms with Gasteiger partial charge >= 0.3 is 0 Å².